The average molecular weight is 282 g/mol. The van der Waals surface area contributed by atoms with Crippen molar-refractivity contribution in [2.45, 2.75) is 18.4 Å². The summed E-state index contributed by atoms with van der Waals surface area (Å²) in [5, 5.41) is 4.65. The Hall–Kier alpha value is -0.970. The Morgan fingerprint density at radius 3 is 2.53 bits per heavy atom. The second-order valence-electron chi connectivity index (χ2n) is 3.31. The first kappa shape index (κ1) is 14.1. The lowest BCUT2D eigenvalue weighted by atomic mass is 10.5. The van der Waals surface area contributed by atoms with Gasteiger partial charge in [-0.2, -0.15) is 0 Å². The second kappa shape index (κ2) is 5.12. The van der Waals surface area contributed by atoms with Crippen LogP contribution in [0.3, 0.4) is 0 Å². The zero-order valence-electron chi connectivity index (χ0n) is 9.17. The molecule has 98 valence electrons. The van der Waals surface area contributed by atoms with Gasteiger partial charge in [0, 0.05) is 13.0 Å². The summed E-state index contributed by atoms with van der Waals surface area (Å²) in [5.74, 6) is 0.0814. The van der Waals surface area contributed by atoms with E-state index < -0.39 is 25.8 Å². The van der Waals surface area contributed by atoms with Crippen LogP contribution in [0.15, 0.2) is 11.2 Å². The van der Waals surface area contributed by atoms with Crippen LogP contribution in [0, 0.1) is 0 Å². The molecule has 0 bridgehead atoms. The van der Waals surface area contributed by atoms with Gasteiger partial charge in [0.2, 0.25) is 10.0 Å². The van der Waals surface area contributed by atoms with Crippen molar-refractivity contribution in [3.8, 4) is 0 Å². The van der Waals surface area contributed by atoms with Crippen LogP contribution in [0.2, 0.25) is 0 Å². The van der Waals surface area contributed by atoms with Crippen molar-refractivity contribution in [2.75, 3.05) is 12.3 Å². The molecular weight excluding hydrogens is 268 g/mol. The average Bonchev–Trinajstić information content (AvgIpc) is 2.63. The summed E-state index contributed by atoms with van der Waals surface area (Å²) in [6.45, 7) is 1.55. The Bertz CT molecular complexity index is 575. The Morgan fingerprint density at radius 1 is 1.41 bits per heavy atom. The Labute approximate surface area is 99.7 Å². The molecule has 1 rings (SSSR count). The number of imidazole rings is 1. The Balaban J connectivity index is 2.69. The standard InChI is InChI=1S/C7H14N4O4S2/c1-2-6-9-5-7(11-6)17(14,15)10-3-4-16(8,12)13/h5,10H,2-4H2,1H3,(H,9,11)(H2,8,12,13). The first-order chi connectivity index (χ1) is 7.74. The first-order valence-electron chi connectivity index (χ1n) is 4.78. The van der Waals surface area contributed by atoms with Crippen molar-refractivity contribution >= 4 is 20.0 Å². The highest BCUT2D eigenvalue weighted by Crippen LogP contribution is 2.05. The zero-order chi connectivity index (χ0) is 13.1. The fourth-order valence-corrected chi connectivity index (χ4v) is 2.54. The van der Waals surface area contributed by atoms with Crippen LogP contribution >= 0.6 is 0 Å². The lowest BCUT2D eigenvalue weighted by Gasteiger charge is -2.03. The van der Waals surface area contributed by atoms with Crippen LogP contribution in [-0.4, -0.2) is 39.1 Å². The predicted molar refractivity (Wildman–Crippen MR) is 61.1 cm³/mol. The quantitative estimate of drug-likeness (QED) is 0.586. The normalized spacial score (nSPS) is 12.8. The fraction of sp³-hybridized carbons (Fsp3) is 0.571. The number of sulfonamides is 2. The predicted octanol–water partition coefficient (Wildman–Crippen LogP) is -1.46. The summed E-state index contributed by atoms with van der Waals surface area (Å²) in [4.78, 5) is 6.45. The molecule has 0 amide bonds. The molecule has 0 aliphatic rings. The van der Waals surface area contributed by atoms with Crippen LogP contribution in [0.25, 0.3) is 0 Å². The number of nitrogens with zero attached hydrogens (tertiary/aromatic N) is 1. The number of hydrogen-bond donors (Lipinski definition) is 3. The summed E-state index contributed by atoms with van der Waals surface area (Å²) < 4.78 is 46.6. The summed E-state index contributed by atoms with van der Waals surface area (Å²) in [6.07, 6.45) is 1.75. The Kier molecular flexibility index (Phi) is 4.25. The number of aromatic nitrogens is 2. The summed E-state index contributed by atoms with van der Waals surface area (Å²) in [7, 11) is -7.44. The van der Waals surface area contributed by atoms with Gasteiger partial charge in [-0.1, -0.05) is 6.92 Å². The molecule has 0 radical (unpaired) electrons. The molecule has 0 aromatic carbocycles. The molecular formula is C7H14N4O4S2. The molecule has 17 heavy (non-hydrogen) atoms. The molecule has 0 saturated heterocycles. The lowest BCUT2D eigenvalue weighted by molar-refractivity contribution is 0.578. The van der Waals surface area contributed by atoms with Crippen LogP contribution < -0.4 is 9.86 Å². The minimum absolute atomic E-state index is 0.0937. The highest BCUT2D eigenvalue weighted by Gasteiger charge is 2.17. The third-order valence-corrected chi connectivity index (χ3v) is 4.05. The van der Waals surface area contributed by atoms with Gasteiger partial charge in [-0.3, -0.25) is 0 Å². The third-order valence-electron chi connectivity index (χ3n) is 1.91. The number of rotatable bonds is 6. The summed E-state index contributed by atoms with van der Waals surface area (Å²) >= 11 is 0. The fourth-order valence-electron chi connectivity index (χ4n) is 1.06. The molecule has 8 nitrogen and oxygen atoms in total. The number of aromatic amines is 1. The summed E-state index contributed by atoms with van der Waals surface area (Å²) in [5.41, 5.74) is 0. The molecule has 10 heteroatoms. The van der Waals surface area contributed by atoms with Crippen molar-refractivity contribution in [2.24, 2.45) is 5.14 Å². The maximum Gasteiger partial charge on any atom is 0.257 e. The minimum atomic E-state index is -3.76. The smallest absolute Gasteiger partial charge is 0.257 e. The van der Waals surface area contributed by atoms with Crippen molar-refractivity contribution in [3.05, 3.63) is 12.0 Å². The molecule has 0 atom stereocenters. The van der Waals surface area contributed by atoms with E-state index in [0.29, 0.717) is 12.2 Å². The van der Waals surface area contributed by atoms with Gasteiger partial charge in [0.25, 0.3) is 10.0 Å². The number of hydrogen-bond acceptors (Lipinski definition) is 5. The molecule has 0 spiro atoms. The van der Waals surface area contributed by atoms with E-state index in [-0.39, 0.29) is 11.6 Å². The van der Waals surface area contributed by atoms with Gasteiger partial charge >= 0.3 is 0 Å². The number of aryl methyl sites for hydroxylation is 1. The van der Waals surface area contributed by atoms with Crippen molar-refractivity contribution in [1.29, 1.82) is 0 Å². The van der Waals surface area contributed by atoms with Crippen molar-refractivity contribution < 1.29 is 16.8 Å². The first-order valence-corrected chi connectivity index (χ1v) is 7.98. The zero-order valence-corrected chi connectivity index (χ0v) is 10.8. The van der Waals surface area contributed by atoms with Crippen LogP contribution in [-0.2, 0) is 26.5 Å². The van der Waals surface area contributed by atoms with E-state index >= 15 is 0 Å². The van der Waals surface area contributed by atoms with E-state index in [4.69, 9.17) is 5.14 Å². The SMILES string of the molecule is CCc1ncc(S(=O)(=O)NCCS(N)(=O)=O)[nH]1. The van der Waals surface area contributed by atoms with Gasteiger partial charge in [0.1, 0.15) is 5.82 Å². The second-order valence-corrected chi connectivity index (χ2v) is 6.78. The van der Waals surface area contributed by atoms with Gasteiger partial charge < -0.3 is 4.98 Å². The Morgan fingerprint density at radius 2 is 2.06 bits per heavy atom. The molecule has 1 aromatic heterocycles. The minimum Gasteiger partial charge on any atom is -0.332 e. The molecule has 0 aliphatic carbocycles. The van der Waals surface area contributed by atoms with Gasteiger partial charge in [-0.25, -0.2) is 31.7 Å². The van der Waals surface area contributed by atoms with E-state index in [9.17, 15) is 16.8 Å². The van der Waals surface area contributed by atoms with Gasteiger partial charge in [0.05, 0.1) is 11.9 Å². The molecule has 1 heterocycles. The molecule has 0 saturated carbocycles. The van der Waals surface area contributed by atoms with Crippen LogP contribution in [0.4, 0.5) is 0 Å². The number of primary sulfonamides is 1. The van der Waals surface area contributed by atoms with E-state index in [1.807, 2.05) is 6.92 Å². The van der Waals surface area contributed by atoms with Crippen LogP contribution in [0.1, 0.15) is 12.7 Å². The largest absolute Gasteiger partial charge is 0.332 e. The topological polar surface area (TPSA) is 135 Å². The molecule has 0 aliphatic heterocycles. The van der Waals surface area contributed by atoms with Gasteiger partial charge in [-0.05, 0) is 0 Å². The van der Waals surface area contributed by atoms with E-state index in [2.05, 4.69) is 14.7 Å². The maximum absolute atomic E-state index is 11.6. The van der Waals surface area contributed by atoms with E-state index in [0.717, 1.165) is 0 Å². The number of H-pyrrole nitrogens is 1. The maximum atomic E-state index is 11.6. The summed E-state index contributed by atoms with van der Waals surface area (Å²) in [6, 6.07) is 0. The third kappa shape index (κ3) is 4.42. The molecule has 0 fully saturated rings. The number of nitrogens with two attached hydrogens (primary N) is 1. The van der Waals surface area contributed by atoms with Gasteiger partial charge in [-0.15, -0.1) is 0 Å². The van der Waals surface area contributed by atoms with Crippen molar-refractivity contribution in [3.63, 3.8) is 0 Å². The van der Waals surface area contributed by atoms with E-state index in [1.54, 1.807) is 0 Å². The van der Waals surface area contributed by atoms with Gasteiger partial charge in [0.15, 0.2) is 5.03 Å². The highest BCUT2D eigenvalue weighted by molar-refractivity contribution is 7.90. The lowest BCUT2D eigenvalue weighted by Crippen LogP contribution is -2.31. The van der Waals surface area contributed by atoms with Crippen LogP contribution in [0.5, 0.6) is 0 Å². The van der Waals surface area contributed by atoms with E-state index in [1.165, 1.54) is 6.20 Å². The molecule has 1 aromatic rings. The molecule has 0 unspecified atom stereocenters. The van der Waals surface area contributed by atoms with Crippen molar-refractivity contribution in [1.82, 2.24) is 14.7 Å². The molecule has 4 N–H and O–H groups in total. The monoisotopic (exact) mass is 282 g/mol. The highest BCUT2D eigenvalue weighted by atomic mass is 32.2. The number of nitrogens with one attached hydrogen (secondary N) is 2.